The van der Waals surface area contributed by atoms with Crippen molar-refractivity contribution in [1.29, 1.82) is 5.26 Å². The van der Waals surface area contributed by atoms with Crippen LogP contribution in [0.15, 0.2) is 42.5 Å². The van der Waals surface area contributed by atoms with Gasteiger partial charge in [0.15, 0.2) is 5.37 Å². The molecule has 0 saturated carbocycles. The molecular weight excluding hydrogens is 378 g/mol. The summed E-state index contributed by atoms with van der Waals surface area (Å²) >= 11 is 0. The molecule has 0 radical (unpaired) electrons. The van der Waals surface area contributed by atoms with Crippen LogP contribution in [0.5, 0.6) is 0 Å². The number of amides is 1. The van der Waals surface area contributed by atoms with Gasteiger partial charge in [0, 0.05) is 17.9 Å². The number of carbonyl (C=O) groups excluding carboxylic acids is 1. The highest BCUT2D eigenvalue weighted by Gasteiger charge is 2.42. The van der Waals surface area contributed by atoms with E-state index in [1.807, 2.05) is 26.0 Å². The second-order valence-corrected chi connectivity index (χ2v) is 8.56. The van der Waals surface area contributed by atoms with E-state index < -0.39 is 27.2 Å². The summed E-state index contributed by atoms with van der Waals surface area (Å²) in [6.07, 6.45) is 0. The number of nitriles is 1. The summed E-state index contributed by atoms with van der Waals surface area (Å²) in [5, 5.41) is 10.5. The van der Waals surface area contributed by atoms with Gasteiger partial charge in [0.2, 0.25) is 5.91 Å². The Kier molecular flexibility index (Phi) is 5.65. The molecule has 2 aromatic rings. The number of nitrogens with zero attached hydrogens (tertiary/aromatic N) is 1. The molecular formula is C19H21N5O3S. The molecule has 1 fully saturated rings. The van der Waals surface area contributed by atoms with Gasteiger partial charge in [-0.2, -0.15) is 5.26 Å². The SMILES string of the molecule is Cc1cc(C)cc(NS(=O)(=O)C2NNCC2C(=O)Nc2cccc(C#N)c2)c1. The molecule has 0 bridgehead atoms. The average Bonchev–Trinajstić information content (AvgIpc) is 3.11. The molecule has 1 amide bonds. The zero-order valence-electron chi connectivity index (χ0n) is 15.5. The molecule has 9 heteroatoms. The van der Waals surface area contributed by atoms with E-state index >= 15 is 0 Å². The van der Waals surface area contributed by atoms with Crippen molar-refractivity contribution in [3.8, 4) is 6.07 Å². The second kappa shape index (κ2) is 7.98. The van der Waals surface area contributed by atoms with Crippen molar-refractivity contribution in [3.05, 3.63) is 59.2 Å². The highest BCUT2D eigenvalue weighted by molar-refractivity contribution is 7.93. The lowest BCUT2D eigenvalue weighted by Crippen LogP contribution is -2.45. The van der Waals surface area contributed by atoms with E-state index in [9.17, 15) is 13.2 Å². The molecule has 1 aliphatic rings. The monoisotopic (exact) mass is 399 g/mol. The normalized spacial score (nSPS) is 19.0. The van der Waals surface area contributed by atoms with E-state index in [4.69, 9.17) is 5.26 Å². The third-order valence-corrected chi connectivity index (χ3v) is 5.98. The molecule has 3 rings (SSSR count). The molecule has 1 heterocycles. The fourth-order valence-electron chi connectivity index (χ4n) is 3.16. The number of rotatable bonds is 5. The number of anilines is 2. The summed E-state index contributed by atoms with van der Waals surface area (Å²) in [7, 11) is -3.88. The van der Waals surface area contributed by atoms with Crippen LogP contribution in [0.25, 0.3) is 0 Å². The standard InChI is InChI=1S/C19H21N5O3S/c1-12-6-13(2)8-16(7-12)24-28(26,27)19-17(11-21-23-19)18(25)22-15-5-3-4-14(9-15)10-20/h3-9,17,19,21,23-24H,11H2,1-2H3,(H,22,25). The molecule has 1 saturated heterocycles. The number of hydrazine groups is 1. The Hall–Kier alpha value is -2.93. The van der Waals surface area contributed by atoms with Gasteiger partial charge in [0.05, 0.1) is 17.6 Å². The van der Waals surface area contributed by atoms with Crippen molar-refractivity contribution in [3.63, 3.8) is 0 Å². The molecule has 8 nitrogen and oxygen atoms in total. The van der Waals surface area contributed by atoms with Gasteiger partial charge < -0.3 is 5.32 Å². The Balaban J connectivity index is 1.77. The molecule has 0 aliphatic carbocycles. The van der Waals surface area contributed by atoms with Crippen molar-refractivity contribution >= 4 is 27.3 Å². The number of aryl methyl sites for hydroxylation is 2. The summed E-state index contributed by atoms with van der Waals surface area (Å²) in [6.45, 7) is 3.92. The van der Waals surface area contributed by atoms with Gasteiger partial charge in [-0.05, 0) is 55.3 Å². The highest BCUT2D eigenvalue weighted by Crippen LogP contribution is 2.22. The maximum Gasteiger partial charge on any atom is 0.250 e. The first kappa shape index (κ1) is 19.8. The summed E-state index contributed by atoms with van der Waals surface area (Å²) < 4.78 is 28.3. The minimum absolute atomic E-state index is 0.155. The number of nitrogens with one attached hydrogen (secondary N) is 4. The Morgan fingerprint density at radius 2 is 1.86 bits per heavy atom. The van der Waals surface area contributed by atoms with Crippen LogP contribution in [0.1, 0.15) is 16.7 Å². The second-order valence-electron chi connectivity index (χ2n) is 6.76. The van der Waals surface area contributed by atoms with Crippen LogP contribution in [-0.4, -0.2) is 26.2 Å². The number of benzene rings is 2. The number of sulfonamides is 1. The predicted molar refractivity (Wildman–Crippen MR) is 107 cm³/mol. The van der Waals surface area contributed by atoms with Crippen LogP contribution in [0.2, 0.25) is 0 Å². The molecule has 1 aliphatic heterocycles. The molecule has 4 N–H and O–H groups in total. The predicted octanol–water partition coefficient (Wildman–Crippen LogP) is 1.61. The molecule has 2 unspecified atom stereocenters. The van der Waals surface area contributed by atoms with Gasteiger partial charge >= 0.3 is 0 Å². The van der Waals surface area contributed by atoms with Crippen molar-refractivity contribution in [2.75, 3.05) is 16.6 Å². The first-order valence-corrected chi connectivity index (χ1v) is 10.2. The molecule has 0 spiro atoms. The van der Waals surface area contributed by atoms with Crippen LogP contribution in [0, 0.1) is 31.1 Å². The van der Waals surface area contributed by atoms with Gasteiger partial charge in [0.1, 0.15) is 0 Å². The quantitative estimate of drug-likeness (QED) is 0.606. The first-order chi connectivity index (χ1) is 13.3. The van der Waals surface area contributed by atoms with Crippen LogP contribution < -0.4 is 20.9 Å². The number of hydrogen-bond donors (Lipinski definition) is 4. The summed E-state index contributed by atoms with van der Waals surface area (Å²) in [4.78, 5) is 12.7. The molecule has 146 valence electrons. The van der Waals surface area contributed by atoms with Gasteiger partial charge in [-0.1, -0.05) is 12.1 Å². The maximum absolute atomic E-state index is 12.9. The number of hydrogen-bond acceptors (Lipinski definition) is 6. The van der Waals surface area contributed by atoms with Crippen LogP contribution >= 0.6 is 0 Å². The van der Waals surface area contributed by atoms with E-state index in [0.29, 0.717) is 16.9 Å². The Bertz CT molecular complexity index is 1030. The Morgan fingerprint density at radius 3 is 2.54 bits per heavy atom. The van der Waals surface area contributed by atoms with Crippen LogP contribution in [0.4, 0.5) is 11.4 Å². The van der Waals surface area contributed by atoms with E-state index in [0.717, 1.165) is 11.1 Å². The fourth-order valence-corrected chi connectivity index (χ4v) is 4.63. The van der Waals surface area contributed by atoms with Gasteiger partial charge in [-0.15, -0.1) is 0 Å². The van der Waals surface area contributed by atoms with Crippen molar-refractivity contribution < 1.29 is 13.2 Å². The van der Waals surface area contributed by atoms with Crippen molar-refractivity contribution in [1.82, 2.24) is 10.9 Å². The van der Waals surface area contributed by atoms with E-state index in [1.165, 1.54) is 6.07 Å². The number of carbonyl (C=O) groups is 1. The lowest BCUT2D eigenvalue weighted by Gasteiger charge is -2.20. The zero-order chi connectivity index (χ0) is 20.3. The summed E-state index contributed by atoms with van der Waals surface area (Å²) in [6, 6.07) is 13.8. The minimum atomic E-state index is -3.88. The van der Waals surface area contributed by atoms with Crippen LogP contribution in [0.3, 0.4) is 0 Å². The lowest BCUT2D eigenvalue weighted by atomic mass is 10.1. The van der Waals surface area contributed by atoms with E-state index in [2.05, 4.69) is 20.9 Å². The first-order valence-electron chi connectivity index (χ1n) is 8.68. The average molecular weight is 399 g/mol. The smallest absolute Gasteiger partial charge is 0.250 e. The van der Waals surface area contributed by atoms with E-state index in [-0.39, 0.29) is 6.54 Å². The largest absolute Gasteiger partial charge is 0.326 e. The van der Waals surface area contributed by atoms with Gasteiger partial charge in [-0.25, -0.2) is 13.8 Å². The summed E-state index contributed by atoms with van der Waals surface area (Å²) in [5.41, 5.74) is 8.57. The van der Waals surface area contributed by atoms with Crippen molar-refractivity contribution in [2.24, 2.45) is 5.92 Å². The third kappa shape index (κ3) is 4.48. The van der Waals surface area contributed by atoms with E-state index in [1.54, 1.807) is 30.3 Å². The fraction of sp³-hybridized carbons (Fsp3) is 0.263. The van der Waals surface area contributed by atoms with Crippen LogP contribution in [-0.2, 0) is 14.8 Å². The Morgan fingerprint density at radius 1 is 1.14 bits per heavy atom. The third-order valence-electron chi connectivity index (χ3n) is 4.34. The maximum atomic E-state index is 12.9. The Labute approximate surface area is 164 Å². The molecule has 2 aromatic carbocycles. The molecule has 28 heavy (non-hydrogen) atoms. The highest BCUT2D eigenvalue weighted by atomic mass is 32.2. The summed E-state index contributed by atoms with van der Waals surface area (Å²) in [5.74, 6) is -1.31. The van der Waals surface area contributed by atoms with Gasteiger partial charge in [0.25, 0.3) is 10.0 Å². The topological polar surface area (TPSA) is 123 Å². The van der Waals surface area contributed by atoms with Crippen molar-refractivity contribution in [2.45, 2.75) is 19.2 Å². The molecule has 2 atom stereocenters. The molecule has 0 aromatic heterocycles. The lowest BCUT2D eigenvalue weighted by molar-refractivity contribution is -0.119. The zero-order valence-corrected chi connectivity index (χ0v) is 16.3. The van der Waals surface area contributed by atoms with Gasteiger partial charge in [-0.3, -0.25) is 14.9 Å². The minimum Gasteiger partial charge on any atom is -0.326 e.